The summed E-state index contributed by atoms with van der Waals surface area (Å²) in [5.41, 5.74) is 2.32. The Balaban J connectivity index is 1.42. The Morgan fingerprint density at radius 1 is 0.913 bits per heavy atom. The zero-order valence-corrected chi connectivity index (χ0v) is 12.9. The topological polar surface area (TPSA) is 52.6 Å². The van der Waals surface area contributed by atoms with Crippen molar-refractivity contribution in [1.29, 1.82) is 0 Å². The molecule has 2 aromatic rings. The molecule has 6 nitrogen and oxygen atoms in total. The zero-order chi connectivity index (χ0) is 15.6. The molecule has 1 saturated heterocycles. The van der Waals surface area contributed by atoms with Crippen molar-refractivity contribution in [1.82, 2.24) is 14.9 Å². The minimum Gasteiger partial charge on any atom is -0.337 e. The van der Waals surface area contributed by atoms with E-state index < -0.39 is 0 Å². The second-order valence-corrected chi connectivity index (χ2v) is 5.84. The van der Waals surface area contributed by atoms with E-state index in [0.29, 0.717) is 13.1 Å². The van der Waals surface area contributed by atoms with Gasteiger partial charge in [-0.2, -0.15) is 0 Å². The van der Waals surface area contributed by atoms with Crippen LogP contribution in [0, 0.1) is 0 Å². The van der Waals surface area contributed by atoms with Gasteiger partial charge in [-0.25, -0.2) is 14.8 Å². The minimum absolute atomic E-state index is 0.114. The molecule has 6 heteroatoms. The van der Waals surface area contributed by atoms with Crippen molar-refractivity contribution in [2.75, 3.05) is 42.5 Å². The van der Waals surface area contributed by atoms with Gasteiger partial charge >= 0.3 is 6.03 Å². The van der Waals surface area contributed by atoms with Gasteiger partial charge in [0.2, 0.25) is 5.95 Å². The predicted octanol–water partition coefficient (Wildman–Crippen LogP) is 1.78. The highest BCUT2D eigenvalue weighted by molar-refractivity contribution is 5.94. The molecule has 2 aliphatic heterocycles. The van der Waals surface area contributed by atoms with Crippen LogP contribution in [0.1, 0.15) is 5.56 Å². The second kappa shape index (κ2) is 5.87. The first kappa shape index (κ1) is 14.0. The summed E-state index contributed by atoms with van der Waals surface area (Å²) in [6, 6.07) is 10.1. The van der Waals surface area contributed by atoms with Gasteiger partial charge in [0.05, 0.1) is 0 Å². The van der Waals surface area contributed by atoms with E-state index in [-0.39, 0.29) is 6.03 Å². The highest BCUT2D eigenvalue weighted by Crippen LogP contribution is 2.28. The maximum Gasteiger partial charge on any atom is 0.324 e. The first-order valence-electron chi connectivity index (χ1n) is 7.99. The first-order chi connectivity index (χ1) is 11.3. The standard InChI is InChI=1S/C17H19N5O/c23-17(22-9-6-14-4-1-2-5-15(14)22)21-12-10-20(11-13-21)16-18-7-3-8-19-16/h1-5,7-8H,6,9-13H2. The van der Waals surface area contributed by atoms with E-state index in [4.69, 9.17) is 0 Å². The molecule has 0 radical (unpaired) electrons. The van der Waals surface area contributed by atoms with Crippen molar-refractivity contribution in [3.63, 3.8) is 0 Å². The Kier molecular flexibility index (Phi) is 3.57. The fourth-order valence-corrected chi connectivity index (χ4v) is 3.26. The zero-order valence-electron chi connectivity index (χ0n) is 12.9. The molecule has 0 saturated carbocycles. The van der Waals surface area contributed by atoms with Gasteiger partial charge in [-0.15, -0.1) is 0 Å². The maximum atomic E-state index is 12.8. The van der Waals surface area contributed by atoms with E-state index in [0.717, 1.165) is 37.7 Å². The van der Waals surface area contributed by atoms with Gasteiger partial charge in [0.15, 0.2) is 0 Å². The van der Waals surface area contributed by atoms with Crippen LogP contribution in [-0.2, 0) is 6.42 Å². The van der Waals surface area contributed by atoms with Gasteiger partial charge in [-0.1, -0.05) is 18.2 Å². The second-order valence-electron chi connectivity index (χ2n) is 5.84. The molecule has 2 amide bonds. The third-order valence-corrected chi connectivity index (χ3v) is 4.50. The highest BCUT2D eigenvalue weighted by Gasteiger charge is 2.30. The molecule has 3 heterocycles. The Morgan fingerprint density at radius 3 is 2.43 bits per heavy atom. The van der Waals surface area contributed by atoms with Gasteiger partial charge in [0.1, 0.15) is 0 Å². The first-order valence-corrected chi connectivity index (χ1v) is 7.99. The Labute approximate surface area is 135 Å². The SMILES string of the molecule is O=C(N1CCN(c2ncccn2)CC1)N1CCc2ccccc21. The summed E-state index contributed by atoms with van der Waals surface area (Å²) < 4.78 is 0. The summed E-state index contributed by atoms with van der Waals surface area (Å²) in [4.78, 5) is 27.3. The average Bonchev–Trinajstić information content (AvgIpc) is 3.06. The third kappa shape index (κ3) is 2.60. The summed E-state index contributed by atoms with van der Waals surface area (Å²) in [6.07, 6.45) is 4.45. The number of aromatic nitrogens is 2. The van der Waals surface area contributed by atoms with Crippen LogP contribution in [0.25, 0.3) is 0 Å². The number of urea groups is 1. The molecule has 4 rings (SSSR count). The lowest BCUT2D eigenvalue weighted by molar-refractivity contribution is 0.201. The van der Waals surface area contributed by atoms with E-state index in [9.17, 15) is 4.79 Å². The normalized spacial score (nSPS) is 17.3. The fraction of sp³-hybridized carbons (Fsp3) is 0.353. The molecule has 1 aromatic heterocycles. The number of nitrogens with zero attached hydrogens (tertiary/aromatic N) is 5. The number of benzene rings is 1. The van der Waals surface area contributed by atoms with Crippen molar-refractivity contribution in [2.24, 2.45) is 0 Å². The predicted molar refractivity (Wildman–Crippen MR) is 88.7 cm³/mol. The van der Waals surface area contributed by atoms with Gasteiger partial charge in [-0.05, 0) is 24.1 Å². The molecule has 118 valence electrons. The van der Waals surface area contributed by atoms with E-state index in [1.165, 1.54) is 5.56 Å². The monoisotopic (exact) mass is 309 g/mol. The van der Waals surface area contributed by atoms with Crippen LogP contribution in [0.4, 0.5) is 16.4 Å². The lowest BCUT2D eigenvalue weighted by atomic mass is 10.2. The summed E-state index contributed by atoms with van der Waals surface area (Å²) in [6.45, 7) is 3.72. The van der Waals surface area contributed by atoms with Gasteiger partial charge in [0.25, 0.3) is 0 Å². The van der Waals surface area contributed by atoms with Crippen molar-refractivity contribution in [2.45, 2.75) is 6.42 Å². The molecule has 0 spiro atoms. The number of fused-ring (bicyclic) bond motifs is 1. The molecule has 2 aliphatic rings. The Morgan fingerprint density at radius 2 is 1.65 bits per heavy atom. The van der Waals surface area contributed by atoms with Gasteiger partial charge in [-0.3, -0.25) is 4.90 Å². The summed E-state index contributed by atoms with van der Waals surface area (Å²) in [7, 11) is 0. The average molecular weight is 309 g/mol. The van der Waals surface area contributed by atoms with Crippen LogP contribution in [0.15, 0.2) is 42.7 Å². The molecule has 0 N–H and O–H groups in total. The quantitative estimate of drug-likeness (QED) is 0.806. The molecule has 1 fully saturated rings. The molecule has 0 aliphatic carbocycles. The van der Waals surface area contributed by atoms with Crippen molar-refractivity contribution < 1.29 is 4.79 Å². The van der Waals surface area contributed by atoms with Crippen molar-refractivity contribution in [3.05, 3.63) is 48.3 Å². The number of hydrogen-bond donors (Lipinski definition) is 0. The number of hydrogen-bond acceptors (Lipinski definition) is 4. The summed E-state index contributed by atoms with van der Waals surface area (Å²) in [5, 5.41) is 0. The van der Waals surface area contributed by atoms with Crippen LogP contribution in [0.5, 0.6) is 0 Å². The van der Waals surface area contributed by atoms with E-state index in [2.05, 4.69) is 20.9 Å². The van der Waals surface area contributed by atoms with Crippen LogP contribution in [-0.4, -0.2) is 53.6 Å². The number of rotatable bonds is 1. The summed E-state index contributed by atoms with van der Waals surface area (Å²) >= 11 is 0. The molecule has 0 bridgehead atoms. The number of anilines is 2. The van der Waals surface area contributed by atoms with Gasteiger partial charge in [0, 0.05) is 50.8 Å². The smallest absolute Gasteiger partial charge is 0.324 e. The number of para-hydroxylation sites is 1. The van der Waals surface area contributed by atoms with E-state index >= 15 is 0 Å². The molecule has 23 heavy (non-hydrogen) atoms. The number of amides is 2. The number of carbonyl (C=O) groups is 1. The lowest BCUT2D eigenvalue weighted by Gasteiger charge is -2.36. The molecule has 0 atom stereocenters. The van der Waals surface area contributed by atoms with Gasteiger partial charge < -0.3 is 9.80 Å². The fourth-order valence-electron chi connectivity index (χ4n) is 3.26. The van der Waals surface area contributed by atoms with Crippen LogP contribution in [0.3, 0.4) is 0 Å². The van der Waals surface area contributed by atoms with E-state index in [1.807, 2.05) is 34.1 Å². The molecule has 1 aromatic carbocycles. The Hall–Kier alpha value is -2.63. The maximum absolute atomic E-state index is 12.8. The van der Waals surface area contributed by atoms with Crippen LogP contribution in [0.2, 0.25) is 0 Å². The van der Waals surface area contributed by atoms with Crippen molar-refractivity contribution >= 4 is 17.7 Å². The highest BCUT2D eigenvalue weighted by atomic mass is 16.2. The summed E-state index contributed by atoms with van der Waals surface area (Å²) in [5.74, 6) is 0.742. The molecular weight excluding hydrogens is 290 g/mol. The van der Waals surface area contributed by atoms with Crippen molar-refractivity contribution in [3.8, 4) is 0 Å². The Bertz CT molecular complexity index is 697. The minimum atomic E-state index is 0.114. The van der Waals surface area contributed by atoms with Crippen LogP contribution >= 0.6 is 0 Å². The lowest BCUT2D eigenvalue weighted by Crippen LogP contribution is -2.53. The largest absolute Gasteiger partial charge is 0.337 e. The molecule has 0 unspecified atom stereocenters. The number of carbonyl (C=O) groups excluding carboxylic acids is 1. The van der Waals surface area contributed by atoms with E-state index in [1.54, 1.807) is 12.4 Å². The third-order valence-electron chi connectivity index (χ3n) is 4.50. The van der Waals surface area contributed by atoms with Crippen LogP contribution < -0.4 is 9.80 Å². The molecular formula is C17H19N5O. The number of piperazine rings is 1.